The van der Waals surface area contributed by atoms with Crippen LogP contribution in [0, 0.1) is 0 Å². The van der Waals surface area contributed by atoms with E-state index in [4.69, 9.17) is 4.74 Å². The normalized spacial score (nSPS) is 14.4. The summed E-state index contributed by atoms with van der Waals surface area (Å²) in [6.45, 7) is 2.51. The summed E-state index contributed by atoms with van der Waals surface area (Å²) in [5.41, 5.74) is 0. The van der Waals surface area contributed by atoms with Crippen molar-refractivity contribution < 1.29 is 4.74 Å². The average molecular weight is 427 g/mol. The van der Waals surface area contributed by atoms with Gasteiger partial charge in [-0.2, -0.15) is 19.6 Å². The van der Waals surface area contributed by atoms with Gasteiger partial charge in [0.1, 0.15) is 12.1 Å². The molecule has 10 heteroatoms. The van der Waals surface area contributed by atoms with Crippen LogP contribution < -0.4 is 15.0 Å². The van der Waals surface area contributed by atoms with Gasteiger partial charge in [0.15, 0.2) is 0 Å². The van der Waals surface area contributed by atoms with E-state index in [1.807, 2.05) is 30.3 Å². The predicted molar refractivity (Wildman–Crippen MR) is 118 cm³/mol. The molecule has 30 heavy (non-hydrogen) atoms. The van der Waals surface area contributed by atoms with Crippen molar-refractivity contribution in [1.29, 1.82) is 0 Å². The lowest BCUT2D eigenvalue weighted by molar-refractivity contribution is 0.344. The minimum absolute atomic E-state index is 0.466. The number of aromatic nitrogens is 6. The highest BCUT2D eigenvalue weighted by atomic mass is 32.2. The molecule has 0 bridgehead atoms. The van der Waals surface area contributed by atoms with E-state index < -0.39 is 0 Å². The van der Waals surface area contributed by atoms with Crippen molar-refractivity contribution in [3.05, 3.63) is 36.7 Å². The van der Waals surface area contributed by atoms with Crippen molar-refractivity contribution in [1.82, 2.24) is 29.7 Å². The van der Waals surface area contributed by atoms with Crippen molar-refractivity contribution in [3.8, 4) is 11.7 Å². The molecule has 0 spiro atoms. The molecule has 3 heterocycles. The van der Waals surface area contributed by atoms with Crippen LogP contribution in [0.1, 0.15) is 25.7 Å². The molecule has 9 nitrogen and oxygen atoms in total. The summed E-state index contributed by atoms with van der Waals surface area (Å²) in [5.74, 6) is 3.29. The number of thioether (sulfide) groups is 1. The fourth-order valence-electron chi connectivity index (χ4n) is 3.20. The first-order valence-electron chi connectivity index (χ1n) is 10.2. The third-order valence-corrected chi connectivity index (χ3v) is 5.54. The lowest BCUT2D eigenvalue weighted by Gasteiger charge is -2.20. The second-order valence-electron chi connectivity index (χ2n) is 6.89. The van der Waals surface area contributed by atoms with E-state index in [1.54, 1.807) is 18.1 Å². The molecule has 1 aromatic carbocycles. The summed E-state index contributed by atoms with van der Waals surface area (Å²) in [7, 11) is 1.81. The van der Waals surface area contributed by atoms with Crippen molar-refractivity contribution in [2.24, 2.45) is 0 Å². The number of para-hydroxylation sites is 1. The minimum atomic E-state index is 0.466. The molecular formula is C20H26N8OS. The van der Waals surface area contributed by atoms with Crippen LogP contribution in [0.2, 0.25) is 0 Å². The molecule has 1 aliphatic rings. The number of hydrogen-bond acceptors (Lipinski definition) is 9. The summed E-state index contributed by atoms with van der Waals surface area (Å²) in [6.07, 6.45) is 6.47. The highest BCUT2D eigenvalue weighted by Crippen LogP contribution is 2.19. The highest BCUT2D eigenvalue weighted by molar-refractivity contribution is 7.99. The van der Waals surface area contributed by atoms with Gasteiger partial charge in [-0.1, -0.05) is 42.8 Å². The van der Waals surface area contributed by atoms with Crippen LogP contribution in [0.3, 0.4) is 0 Å². The van der Waals surface area contributed by atoms with Gasteiger partial charge in [-0.25, -0.2) is 4.98 Å². The Bertz CT molecular complexity index is 928. The summed E-state index contributed by atoms with van der Waals surface area (Å²) in [5, 5.41) is 8.20. The SMILES string of the molecule is CNc1nc(N2CCCCCC2)nc(-n2cnc(SCCOc3ccccc3)n2)n1. The number of ether oxygens (including phenoxy) is 1. The van der Waals surface area contributed by atoms with E-state index in [9.17, 15) is 0 Å². The van der Waals surface area contributed by atoms with Gasteiger partial charge in [0, 0.05) is 25.9 Å². The van der Waals surface area contributed by atoms with Crippen molar-refractivity contribution >= 4 is 23.7 Å². The number of anilines is 2. The zero-order chi connectivity index (χ0) is 20.6. The number of hydrogen-bond donors (Lipinski definition) is 1. The first-order valence-corrected chi connectivity index (χ1v) is 11.2. The molecular weight excluding hydrogens is 400 g/mol. The lowest BCUT2D eigenvalue weighted by atomic mass is 10.2. The second-order valence-corrected chi connectivity index (χ2v) is 7.95. The fourth-order valence-corrected chi connectivity index (χ4v) is 3.82. The molecule has 0 saturated carbocycles. The molecule has 158 valence electrons. The van der Waals surface area contributed by atoms with Crippen LogP contribution in [0.5, 0.6) is 5.75 Å². The smallest absolute Gasteiger partial charge is 0.258 e. The largest absolute Gasteiger partial charge is 0.493 e. The van der Waals surface area contributed by atoms with Gasteiger partial charge in [-0.15, -0.1) is 5.10 Å². The van der Waals surface area contributed by atoms with Gasteiger partial charge < -0.3 is 15.0 Å². The van der Waals surface area contributed by atoms with E-state index in [-0.39, 0.29) is 0 Å². The molecule has 1 aliphatic heterocycles. The van der Waals surface area contributed by atoms with Crippen molar-refractivity contribution in [2.75, 3.05) is 42.7 Å². The number of rotatable bonds is 8. The Morgan fingerprint density at radius 2 is 1.77 bits per heavy atom. The predicted octanol–water partition coefficient (Wildman–Crippen LogP) is 3.05. The number of nitrogens with zero attached hydrogens (tertiary/aromatic N) is 7. The van der Waals surface area contributed by atoms with Crippen LogP contribution in [-0.2, 0) is 0 Å². The maximum atomic E-state index is 5.71. The molecule has 0 aliphatic carbocycles. The zero-order valence-corrected chi connectivity index (χ0v) is 17.9. The summed E-state index contributed by atoms with van der Waals surface area (Å²) in [4.78, 5) is 20.3. The number of nitrogens with one attached hydrogen (secondary N) is 1. The Labute approximate surface area is 180 Å². The first kappa shape index (κ1) is 20.4. The lowest BCUT2D eigenvalue weighted by Crippen LogP contribution is -2.27. The fraction of sp³-hybridized carbons (Fsp3) is 0.450. The van der Waals surface area contributed by atoms with Crippen molar-refractivity contribution in [2.45, 2.75) is 30.8 Å². The summed E-state index contributed by atoms with van der Waals surface area (Å²) >= 11 is 1.53. The van der Waals surface area contributed by atoms with E-state index in [0.29, 0.717) is 29.6 Å². The van der Waals surface area contributed by atoms with E-state index in [1.165, 1.54) is 24.6 Å². The molecule has 0 atom stereocenters. The maximum Gasteiger partial charge on any atom is 0.258 e. The molecule has 0 unspecified atom stereocenters. The summed E-state index contributed by atoms with van der Waals surface area (Å²) < 4.78 is 7.31. The Hall–Kier alpha value is -2.88. The van der Waals surface area contributed by atoms with Gasteiger partial charge in [0.2, 0.25) is 17.1 Å². The quantitative estimate of drug-likeness (QED) is 0.431. The molecule has 4 rings (SSSR count). The first-order chi connectivity index (χ1) is 14.8. The van der Waals surface area contributed by atoms with E-state index in [2.05, 4.69) is 35.3 Å². The highest BCUT2D eigenvalue weighted by Gasteiger charge is 2.16. The average Bonchev–Trinajstić information content (AvgIpc) is 3.10. The standard InChI is InChI=1S/C20H26N8OS/c1-21-17-23-18(27-11-7-2-3-8-12-27)25-19(24-17)28-15-22-20(26-28)30-14-13-29-16-9-5-4-6-10-16/h4-6,9-10,15H,2-3,7-8,11-14H2,1H3,(H,21,23,24,25). The van der Waals surface area contributed by atoms with Gasteiger partial charge in [-0.3, -0.25) is 0 Å². The molecule has 1 N–H and O–H groups in total. The molecule has 2 aromatic heterocycles. The van der Waals surface area contributed by atoms with Crippen LogP contribution in [0.4, 0.5) is 11.9 Å². The second kappa shape index (κ2) is 10.2. The topological polar surface area (TPSA) is 93.9 Å². The Morgan fingerprint density at radius 3 is 2.53 bits per heavy atom. The molecule has 0 amide bonds. The number of benzene rings is 1. The van der Waals surface area contributed by atoms with Gasteiger partial charge in [-0.05, 0) is 25.0 Å². The monoisotopic (exact) mass is 426 g/mol. The van der Waals surface area contributed by atoms with E-state index in [0.717, 1.165) is 37.4 Å². The van der Waals surface area contributed by atoms with E-state index >= 15 is 0 Å². The Kier molecular flexibility index (Phi) is 6.96. The van der Waals surface area contributed by atoms with Crippen molar-refractivity contribution in [3.63, 3.8) is 0 Å². The maximum absolute atomic E-state index is 5.71. The minimum Gasteiger partial charge on any atom is -0.493 e. The van der Waals surface area contributed by atoms with Gasteiger partial charge in [0.25, 0.3) is 5.95 Å². The zero-order valence-electron chi connectivity index (χ0n) is 17.1. The van der Waals surface area contributed by atoms with Crippen LogP contribution >= 0.6 is 11.8 Å². The molecule has 3 aromatic rings. The third kappa shape index (κ3) is 5.38. The Balaban J connectivity index is 1.41. The third-order valence-electron chi connectivity index (χ3n) is 4.73. The molecule has 0 radical (unpaired) electrons. The van der Waals surface area contributed by atoms with Crippen LogP contribution in [0.25, 0.3) is 5.95 Å². The summed E-state index contributed by atoms with van der Waals surface area (Å²) in [6, 6.07) is 9.77. The van der Waals surface area contributed by atoms with Gasteiger partial charge in [0.05, 0.1) is 6.61 Å². The molecule has 1 saturated heterocycles. The Morgan fingerprint density at radius 1 is 1.00 bits per heavy atom. The van der Waals surface area contributed by atoms with Crippen LogP contribution in [0.15, 0.2) is 41.8 Å². The molecule has 1 fully saturated rings. The van der Waals surface area contributed by atoms with Gasteiger partial charge >= 0.3 is 0 Å². The van der Waals surface area contributed by atoms with Crippen LogP contribution in [-0.4, -0.2) is 62.2 Å².